The lowest BCUT2D eigenvalue weighted by Gasteiger charge is -2.07. The summed E-state index contributed by atoms with van der Waals surface area (Å²) in [4.78, 5) is 12.3. The van der Waals surface area contributed by atoms with Crippen LogP contribution in [0, 0.1) is 11.3 Å². The van der Waals surface area contributed by atoms with Crippen molar-refractivity contribution in [3.63, 3.8) is 0 Å². The molecule has 150 valence electrons. The molecule has 0 saturated heterocycles. The standard InChI is InChI=1S/C25H20ClNO3/c1-2-29-23-12-6-18(7-13-23)16-25(28)30-24-5-3-4-19(15-24)14-21(17-27)20-8-10-22(26)11-9-20/h3-15H,2,16H2,1H3/b21-14-. The number of rotatable bonds is 7. The molecule has 0 amide bonds. The summed E-state index contributed by atoms with van der Waals surface area (Å²) in [6.07, 6.45) is 1.90. The van der Waals surface area contributed by atoms with Crippen molar-refractivity contribution in [1.82, 2.24) is 0 Å². The molecular formula is C25H20ClNO3. The molecule has 5 heteroatoms. The molecular weight excluding hydrogens is 398 g/mol. The molecule has 0 heterocycles. The molecule has 0 unspecified atom stereocenters. The van der Waals surface area contributed by atoms with E-state index in [1.165, 1.54) is 0 Å². The first-order valence-electron chi connectivity index (χ1n) is 9.47. The normalized spacial score (nSPS) is 10.9. The van der Waals surface area contributed by atoms with Crippen LogP contribution in [0.4, 0.5) is 0 Å². The fourth-order valence-electron chi connectivity index (χ4n) is 2.85. The van der Waals surface area contributed by atoms with E-state index in [0.29, 0.717) is 23.0 Å². The second kappa shape index (κ2) is 10.3. The minimum absolute atomic E-state index is 0.153. The average molecular weight is 418 g/mol. The van der Waals surface area contributed by atoms with E-state index in [1.807, 2.05) is 37.3 Å². The van der Waals surface area contributed by atoms with Crippen LogP contribution in [-0.2, 0) is 11.2 Å². The van der Waals surface area contributed by atoms with Crippen LogP contribution in [0.5, 0.6) is 11.5 Å². The number of carbonyl (C=O) groups excluding carboxylic acids is 1. The molecule has 4 nitrogen and oxygen atoms in total. The molecule has 3 rings (SSSR count). The molecule has 30 heavy (non-hydrogen) atoms. The molecule has 0 spiro atoms. The summed E-state index contributed by atoms with van der Waals surface area (Å²) >= 11 is 5.91. The molecule has 3 aromatic carbocycles. The Morgan fingerprint density at radius 2 is 1.77 bits per heavy atom. The number of hydrogen-bond donors (Lipinski definition) is 0. The monoisotopic (exact) mass is 417 g/mol. The number of benzene rings is 3. The van der Waals surface area contributed by atoms with Gasteiger partial charge in [-0.3, -0.25) is 4.79 Å². The SMILES string of the molecule is CCOc1ccc(CC(=O)Oc2cccc(/C=C(/C#N)c3ccc(Cl)cc3)c2)cc1. The summed E-state index contributed by atoms with van der Waals surface area (Å²) in [5.74, 6) is 0.828. The minimum atomic E-state index is -0.363. The van der Waals surface area contributed by atoms with Gasteiger partial charge in [0, 0.05) is 5.02 Å². The zero-order valence-electron chi connectivity index (χ0n) is 16.5. The molecule has 0 bridgehead atoms. The van der Waals surface area contributed by atoms with Crippen molar-refractivity contribution in [3.8, 4) is 17.6 Å². The summed E-state index contributed by atoms with van der Waals surface area (Å²) < 4.78 is 10.9. The molecule has 0 aliphatic rings. The number of nitriles is 1. The summed E-state index contributed by atoms with van der Waals surface area (Å²) in [6.45, 7) is 2.52. The molecule has 0 aromatic heterocycles. The Balaban J connectivity index is 1.69. The Labute approximate surface area is 180 Å². The zero-order valence-corrected chi connectivity index (χ0v) is 17.2. The third kappa shape index (κ3) is 5.97. The van der Waals surface area contributed by atoms with E-state index in [2.05, 4.69) is 6.07 Å². The molecule has 0 radical (unpaired) electrons. The Hall–Kier alpha value is -3.55. The maximum Gasteiger partial charge on any atom is 0.315 e. The highest BCUT2D eigenvalue weighted by Gasteiger charge is 2.08. The van der Waals surface area contributed by atoms with Gasteiger partial charge in [-0.15, -0.1) is 0 Å². The van der Waals surface area contributed by atoms with Crippen molar-refractivity contribution in [1.29, 1.82) is 5.26 Å². The van der Waals surface area contributed by atoms with Gasteiger partial charge in [0.15, 0.2) is 0 Å². The first-order chi connectivity index (χ1) is 14.6. The van der Waals surface area contributed by atoms with Gasteiger partial charge in [-0.1, -0.05) is 48.0 Å². The quantitative estimate of drug-likeness (QED) is 0.206. The predicted molar refractivity (Wildman–Crippen MR) is 118 cm³/mol. The molecule has 0 atom stereocenters. The maximum atomic E-state index is 12.3. The summed E-state index contributed by atoms with van der Waals surface area (Å²) in [6, 6.07) is 23.7. The van der Waals surface area contributed by atoms with Gasteiger partial charge < -0.3 is 9.47 Å². The maximum absolute atomic E-state index is 12.3. The van der Waals surface area contributed by atoms with Crippen molar-refractivity contribution in [2.75, 3.05) is 6.61 Å². The zero-order chi connectivity index (χ0) is 21.3. The minimum Gasteiger partial charge on any atom is -0.494 e. The average Bonchev–Trinajstić information content (AvgIpc) is 2.74. The molecule has 0 aliphatic carbocycles. The summed E-state index contributed by atoms with van der Waals surface area (Å²) in [5.41, 5.74) is 2.85. The fraction of sp³-hybridized carbons (Fsp3) is 0.120. The Kier molecular flexibility index (Phi) is 7.26. The number of esters is 1. The molecule has 0 fully saturated rings. The third-order valence-electron chi connectivity index (χ3n) is 4.26. The number of ether oxygens (including phenoxy) is 2. The van der Waals surface area contributed by atoms with Crippen molar-refractivity contribution >= 4 is 29.2 Å². The van der Waals surface area contributed by atoms with Crippen LogP contribution in [0.2, 0.25) is 5.02 Å². The first kappa shape index (κ1) is 21.2. The highest BCUT2D eigenvalue weighted by molar-refractivity contribution is 6.30. The molecule has 0 saturated carbocycles. The lowest BCUT2D eigenvalue weighted by molar-refractivity contribution is -0.133. The van der Waals surface area contributed by atoms with Crippen LogP contribution in [0.25, 0.3) is 11.6 Å². The molecule has 0 aliphatic heterocycles. The summed E-state index contributed by atoms with van der Waals surface area (Å²) in [5, 5.41) is 10.1. The Bertz CT molecular complexity index is 1080. The van der Waals surface area contributed by atoms with Gasteiger partial charge in [-0.2, -0.15) is 5.26 Å². The number of halogens is 1. The second-order valence-electron chi connectivity index (χ2n) is 6.48. The van der Waals surface area contributed by atoms with Gasteiger partial charge in [0.1, 0.15) is 11.5 Å². The number of allylic oxidation sites excluding steroid dienone is 1. The van der Waals surface area contributed by atoms with Gasteiger partial charge in [0.25, 0.3) is 0 Å². The van der Waals surface area contributed by atoms with Crippen LogP contribution in [0.3, 0.4) is 0 Å². The summed E-state index contributed by atoms with van der Waals surface area (Å²) in [7, 11) is 0. The Morgan fingerprint density at radius 1 is 1.03 bits per heavy atom. The Morgan fingerprint density at radius 3 is 2.43 bits per heavy atom. The smallest absolute Gasteiger partial charge is 0.315 e. The lowest BCUT2D eigenvalue weighted by atomic mass is 10.0. The van der Waals surface area contributed by atoms with E-state index in [0.717, 1.165) is 22.4 Å². The van der Waals surface area contributed by atoms with E-state index in [-0.39, 0.29) is 12.4 Å². The molecule has 0 N–H and O–H groups in total. The van der Waals surface area contributed by atoms with Crippen LogP contribution in [0.1, 0.15) is 23.6 Å². The van der Waals surface area contributed by atoms with Crippen molar-refractivity contribution in [2.45, 2.75) is 13.3 Å². The number of carbonyl (C=O) groups is 1. The highest BCUT2D eigenvalue weighted by atomic mass is 35.5. The topological polar surface area (TPSA) is 59.3 Å². The van der Waals surface area contributed by atoms with E-state index in [1.54, 1.807) is 48.5 Å². The molecule has 3 aromatic rings. The van der Waals surface area contributed by atoms with Gasteiger partial charge in [-0.05, 0) is 66.1 Å². The highest BCUT2D eigenvalue weighted by Crippen LogP contribution is 2.22. The predicted octanol–water partition coefficient (Wildman–Crippen LogP) is 5.95. The lowest BCUT2D eigenvalue weighted by Crippen LogP contribution is -2.11. The van der Waals surface area contributed by atoms with E-state index >= 15 is 0 Å². The van der Waals surface area contributed by atoms with E-state index in [4.69, 9.17) is 21.1 Å². The van der Waals surface area contributed by atoms with Crippen LogP contribution >= 0.6 is 11.6 Å². The van der Waals surface area contributed by atoms with Crippen LogP contribution < -0.4 is 9.47 Å². The van der Waals surface area contributed by atoms with Gasteiger partial charge in [0.05, 0.1) is 24.7 Å². The van der Waals surface area contributed by atoms with Gasteiger partial charge in [0.2, 0.25) is 0 Å². The second-order valence-corrected chi connectivity index (χ2v) is 6.91. The van der Waals surface area contributed by atoms with Gasteiger partial charge >= 0.3 is 5.97 Å². The van der Waals surface area contributed by atoms with E-state index < -0.39 is 0 Å². The van der Waals surface area contributed by atoms with Gasteiger partial charge in [-0.25, -0.2) is 0 Å². The van der Waals surface area contributed by atoms with Crippen molar-refractivity contribution < 1.29 is 14.3 Å². The number of hydrogen-bond acceptors (Lipinski definition) is 4. The third-order valence-corrected chi connectivity index (χ3v) is 4.51. The van der Waals surface area contributed by atoms with Crippen molar-refractivity contribution in [2.24, 2.45) is 0 Å². The van der Waals surface area contributed by atoms with Crippen LogP contribution in [-0.4, -0.2) is 12.6 Å². The largest absolute Gasteiger partial charge is 0.494 e. The fourth-order valence-corrected chi connectivity index (χ4v) is 2.97. The van der Waals surface area contributed by atoms with Crippen molar-refractivity contribution in [3.05, 3.63) is 94.5 Å². The number of nitrogens with zero attached hydrogens (tertiary/aromatic N) is 1. The van der Waals surface area contributed by atoms with Crippen LogP contribution in [0.15, 0.2) is 72.8 Å². The van der Waals surface area contributed by atoms with E-state index in [9.17, 15) is 10.1 Å². The first-order valence-corrected chi connectivity index (χ1v) is 9.85.